The number of benzene rings is 2. The number of anilines is 1. The molecule has 1 atom stereocenters. The number of pyridine rings is 1. The molecular formula is C30H35BrClN3O3. The third-order valence-electron chi connectivity index (χ3n) is 5.97. The second-order valence-electron chi connectivity index (χ2n) is 9.96. The van der Waals surface area contributed by atoms with Crippen molar-refractivity contribution in [3.8, 4) is 0 Å². The summed E-state index contributed by atoms with van der Waals surface area (Å²) >= 11 is 9.91. The van der Waals surface area contributed by atoms with Crippen molar-refractivity contribution >= 4 is 56.1 Å². The number of nitrogens with zero attached hydrogens (tertiary/aromatic N) is 2. The Morgan fingerprint density at radius 1 is 1.21 bits per heavy atom. The Morgan fingerprint density at radius 3 is 2.61 bits per heavy atom. The summed E-state index contributed by atoms with van der Waals surface area (Å²) < 4.78 is 73.2. The quantitative estimate of drug-likeness (QED) is 0.274. The molecular weight excluding hydrogens is 566 g/mol. The maximum Gasteiger partial charge on any atom is 0.306 e. The summed E-state index contributed by atoms with van der Waals surface area (Å²) in [6.45, 7) is 0.399. The molecule has 1 amide bonds. The number of aromatic nitrogens is 1. The highest BCUT2D eigenvalue weighted by Crippen LogP contribution is 2.33. The first kappa shape index (κ1) is 19.4. The van der Waals surface area contributed by atoms with Crippen LogP contribution >= 0.6 is 27.5 Å². The molecule has 1 saturated heterocycles. The van der Waals surface area contributed by atoms with Gasteiger partial charge in [-0.15, -0.1) is 0 Å². The highest BCUT2D eigenvalue weighted by atomic mass is 79.9. The first-order valence-electron chi connectivity index (χ1n) is 16.2. The van der Waals surface area contributed by atoms with E-state index in [1.807, 2.05) is 0 Å². The number of carbonyl (C=O) groups is 2. The van der Waals surface area contributed by atoms with Crippen molar-refractivity contribution in [2.45, 2.75) is 64.8 Å². The van der Waals surface area contributed by atoms with Gasteiger partial charge in [0.05, 0.1) is 11.1 Å². The first-order chi connectivity index (χ1) is 21.0. The number of ether oxygens (including phenoxy) is 1. The molecule has 1 aromatic heterocycles. The highest BCUT2D eigenvalue weighted by molar-refractivity contribution is 9.10. The van der Waals surface area contributed by atoms with E-state index in [4.69, 9.17) is 27.3 Å². The average Bonchev–Trinajstić information content (AvgIpc) is 2.99. The van der Waals surface area contributed by atoms with E-state index in [1.54, 1.807) is 57.2 Å². The summed E-state index contributed by atoms with van der Waals surface area (Å²) in [4.78, 5) is 31.4. The summed E-state index contributed by atoms with van der Waals surface area (Å²) in [5, 5.41) is 3.69. The fraction of sp³-hybridized carbons (Fsp3) is 0.433. The third kappa shape index (κ3) is 6.86. The number of halogens is 2. The molecule has 38 heavy (non-hydrogen) atoms. The molecule has 0 radical (unpaired) electrons. The Labute approximate surface area is 249 Å². The van der Waals surface area contributed by atoms with Gasteiger partial charge in [-0.3, -0.25) is 9.59 Å². The topological polar surface area (TPSA) is 71.5 Å². The maximum atomic E-state index is 14.0. The van der Waals surface area contributed by atoms with E-state index in [1.165, 1.54) is 13.0 Å². The summed E-state index contributed by atoms with van der Waals surface area (Å²) in [6.07, 6.45) is -6.22. The lowest BCUT2D eigenvalue weighted by Gasteiger charge is -2.24. The second-order valence-corrected chi connectivity index (χ2v) is 11.3. The monoisotopic (exact) mass is 607 g/mol. The highest BCUT2D eigenvalue weighted by Gasteiger charge is 2.25. The van der Waals surface area contributed by atoms with Gasteiger partial charge in [0.25, 0.3) is 5.91 Å². The molecule has 0 spiro atoms. The molecule has 2 aromatic carbocycles. The molecule has 0 aliphatic carbocycles. The zero-order valence-corrected chi connectivity index (χ0v) is 24.0. The van der Waals surface area contributed by atoms with Crippen molar-refractivity contribution in [2.75, 3.05) is 24.4 Å². The van der Waals surface area contributed by atoms with Gasteiger partial charge in [-0.1, -0.05) is 45.7 Å². The van der Waals surface area contributed by atoms with Gasteiger partial charge in [0.1, 0.15) is 11.4 Å². The van der Waals surface area contributed by atoms with E-state index in [-0.39, 0.29) is 29.6 Å². The smallest absolute Gasteiger partial charge is 0.306 e. The largest absolute Gasteiger partial charge is 0.460 e. The zero-order chi connectivity index (χ0) is 34.6. The minimum absolute atomic E-state index is 0.0194. The number of fused-ring (bicyclic) bond motifs is 1. The minimum Gasteiger partial charge on any atom is -0.460 e. The van der Waals surface area contributed by atoms with E-state index in [2.05, 4.69) is 26.2 Å². The van der Waals surface area contributed by atoms with Gasteiger partial charge in [0.2, 0.25) is 0 Å². The normalized spacial score (nSPS) is 22.9. The van der Waals surface area contributed by atoms with Crippen LogP contribution < -0.4 is 10.2 Å². The fourth-order valence-electron chi connectivity index (χ4n) is 4.29. The van der Waals surface area contributed by atoms with Crippen molar-refractivity contribution < 1.29 is 25.3 Å². The molecule has 202 valence electrons. The van der Waals surface area contributed by atoms with Crippen molar-refractivity contribution in [1.82, 2.24) is 10.3 Å². The van der Waals surface area contributed by atoms with Crippen molar-refractivity contribution in [2.24, 2.45) is 0 Å². The molecule has 0 bridgehead atoms. The SMILES string of the molecule is [2H]C1([2H])N(c2nc3ccc(Br)cc3c(C(=O)NCC(CCC(=O)OC(C)(C)C)c3ccccc3Cl)c2C)C([2H])([2H])C([2H])([2H])C1([2H])[2H]. The van der Waals surface area contributed by atoms with Crippen LogP contribution in [0, 0.1) is 6.92 Å². The van der Waals surface area contributed by atoms with Crippen LogP contribution in [0.2, 0.25) is 5.02 Å². The number of nitrogens with one attached hydrogen (secondary N) is 1. The van der Waals surface area contributed by atoms with E-state index in [0.717, 1.165) is 0 Å². The molecule has 1 fully saturated rings. The Kier molecular flexibility index (Phi) is 6.15. The molecule has 6 nitrogen and oxygen atoms in total. The fourth-order valence-corrected chi connectivity index (χ4v) is 4.94. The molecule has 2 heterocycles. The molecule has 1 N–H and O–H groups in total. The molecule has 1 aliphatic rings. The summed E-state index contributed by atoms with van der Waals surface area (Å²) in [7, 11) is 0. The van der Waals surface area contributed by atoms with Crippen molar-refractivity contribution in [1.29, 1.82) is 0 Å². The number of esters is 1. The van der Waals surface area contributed by atoms with Gasteiger partial charge in [0, 0.05) is 63.3 Å². The van der Waals surface area contributed by atoms with Crippen LogP contribution in [0.1, 0.15) is 84.7 Å². The van der Waals surface area contributed by atoms with Gasteiger partial charge in [-0.2, -0.15) is 0 Å². The molecule has 8 heteroatoms. The lowest BCUT2D eigenvalue weighted by atomic mass is 9.93. The standard InChI is InChI=1S/C30H35BrClN3O3/c1-19-27(23-17-21(31)12-13-25(23)34-28(19)35-15-7-8-16-35)29(37)33-18-20(22-9-5-6-10-24(22)32)11-14-26(36)38-30(2,3)4/h5-6,9-10,12-13,17,20H,7-8,11,14-16,18H2,1-4H3,(H,33,37)/i7D2,8D2,15D2,16D2. The van der Waals surface area contributed by atoms with Crippen LogP contribution in [0.15, 0.2) is 46.9 Å². The maximum absolute atomic E-state index is 14.0. The van der Waals surface area contributed by atoms with Crippen LogP contribution in [-0.4, -0.2) is 42.0 Å². The van der Waals surface area contributed by atoms with E-state index >= 15 is 0 Å². The van der Waals surface area contributed by atoms with Gasteiger partial charge in [-0.05, 0) is 76.7 Å². The first-order valence-corrected chi connectivity index (χ1v) is 13.4. The summed E-state index contributed by atoms with van der Waals surface area (Å²) in [5.41, 5.74) is 0.256. The van der Waals surface area contributed by atoms with Crippen LogP contribution in [0.3, 0.4) is 0 Å². The van der Waals surface area contributed by atoms with Crippen LogP contribution in [-0.2, 0) is 9.53 Å². The van der Waals surface area contributed by atoms with Crippen LogP contribution in [0.5, 0.6) is 0 Å². The Hall–Kier alpha value is -2.64. The van der Waals surface area contributed by atoms with Crippen LogP contribution in [0.4, 0.5) is 5.82 Å². The molecule has 3 aromatic rings. The molecule has 0 saturated carbocycles. The van der Waals surface area contributed by atoms with E-state index < -0.39 is 55.0 Å². The predicted octanol–water partition coefficient (Wildman–Crippen LogP) is 7.19. The van der Waals surface area contributed by atoms with E-state index in [9.17, 15) is 9.59 Å². The van der Waals surface area contributed by atoms with Gasteiger partial charge in [-0.25, -0.2) is 4.98 Å². The van der Waals surface area contributed by atoms with Crippen molar-refractivity contribution in [3.63, 3.8) is 0 Å². The minimum atomic E-state index is -3.29. The number of rotatable bonds is 8. The average molecular weight is 609 g/mol. The summed E-state index contributed by atoms with van der Waals surface area (Å²) in [6, 6.07) is 11.9. The number of hydrogen-bond donors (Lipinski definition) is 1. The van der Waals surface area contributed by atoms with Crippen LogP contribution in [0.25, 0.3) is 10.9 Å². The van der Waals surface area contributed by atoms with Gasteiger partial charge in [0.15, 0.2) is 0 Å². The molecule has 1 unspecified atom stereocenters. The van der Waals surface area contributed by atoms with Gasteiger partial charge >= 0.3 is 5.97 Å². The predicted molar refractivity (Wildman–Crippen MR) is 157 cm³/mol. The third-order valence-corrected chi connectivity index (χ3v) is 6.81. The molecule has 4 rings (SSSR count). The lowest BCUT2D eigenvalue weighted by Crippen LogP contribution is -2.31. The number of hydrogen-bond acceptors (Lipinski definition) is 5. The Morgan fingerprint density at radius 2 is 1.92 bits per heavy atom. The Bertz CT molecular complexity index is 1660. The zero-order valence-electron chi connectivity index (χ0n) is 29.6. The summed E-state index contributed by atoms with van der Waals surface area (Å²) in [5.74, 6) is -1.85. The lowest BCUT2D eigenvalue weighted by molar-refractivity contribution is -0.155. The number of carbonyl (C=O) groups excluding carboxylic acids is 2. The van der Waals surface area contributed by atoms with E-state index in [0.29, 0.717) is 31.8 Å². The molecule has 1 aliphatic heterocycles. The Balaban J connectivity index is 1.77. The van der Waals surface area contributed by atoms with Gasteiger partial charge < -0.3 is 15.0 Å². The number of amides is 1. The van der Waals surface area contributed by atoms with Crippen molar-refractivity contribution in [3.05, 3.63) is 68.7 Å². The second kappa shape index (κ2) is 12.0.